The van der Waals surface area contributed by atoms with Crippen LogP contribution in [0.25, 0.3) is 10.8 Å². The van der Waals surface area contributed by atoms with Crippen LogP contribution in [-0.4, -0.2) is 22.6 Å². The number of hydrogen-bond donors (Lipinski definition) is 0. The highest BCUT2D eigenvalue weighted by Crippen LogP contribution is 2.47. The molecular weight excluding hydrogens is 328 g/mol. The van der Waals surface area contributed by atoms with Gasteiger partial charge in [0.2, 0.25) is 0 Å². The zero-order valence-electron chi connectivity index (χ0n) is 14.2. The minimum atomic E-state index is -0.325. The third kappa shape index (κ3) is 2.28. The summed E-state index contributed by atoms with van der Waals surface area (Å²) in [6.07, 6.45) is 2.09. The van der Waals surface area contributed by atoms with Crippen LogP contribution in [0.5, 0.6) is 5.75 Å². The van der Waals surface area contributed by atoms with E-state index < -0.39 is 0 Å². The molecule has 0 unspecified atom stereocenters. The number of ether oxygens (including phenoxy) is 1. The lowest BCUT2D eigenvalue weighted by Crippen LogP contribution is -2.41. The molecule has 5 rings (SSSR count). The summed E-state index contributed by atoms with van der Waals surface area (Å²) in [6.45, 7) is 0.931. The van der Waals surface area contributed by atoms with Gasteiger partial charge < -0.3 is 4.74 Å². The Hall–Kier alpha value is -2.92. The van der Waals surface area contributed by atoms with Gasteiger partial charge in [0.05, 0.1) is 11.0 Å². The monoisotopic (exact) mass is 346 g/mol. The second-order valence-electron chi connectivity index (χ2n) is 6.91. The van der Waals surface area contributed by atoms with Crippen LogP contribution in [0.15, 0.2) is 60.7 Å². The van der Waals surface area contributed by atoms with E-state index in [9.17, 15) is 10.1 Å². The van der Waals surface area contributed by atoms with Gasteiger partial charge in [-0.15, -0.1) is 0 Å². The molecule has 1 saturated heterocycles. The normalized spacial score (nSPS) is 21.8. The van der Waals surface area contributed by atoms with E-state index in [1.54, 1.807) is 18.2 Å². The highest BCUT2D eigenvalue weighted by Gasteiger charge is 2.40. The first kappa shape index (κ1) is 15.3. The number of nitro benzene ring substituents is 1. The molecule has 3 aromatic rings. The highest BCUT2D eigenvalue weighted by atomic mass is 16.6. The molecule has 2 atom stereocenters. The van der Waals surface area contributed by atoms with Gasteiger partial charge in [0.1, 0.15) is 5.75 Å². The summed E-state index contributed by atoms with van der Waals surface area (Å²) in [6, 6.07) is 19.4. The fraction of sp³-hybridized carbons (Fsp3) is 0.238. The molecule has 2 heterocycles. The Labute approximate surface area is 151 Å². The van der Waals surface area contributed by atoms with Crippen LogP contribution in [-0.2, 0) is 0 Å². The average Bonchev–Trinajstić information content (AvgIpc) is 3.14. The van der Waals surface area contributed by atoms with Crippen molar-refractivity contribution in [2.45, 2.75) is 25.1 Å². The summed E-state index contributed by atoms with van der Waals surface area (Å²) in [4.78, 5) is 13.3. The summed E-state index contributed by atoms with van der Waals surface area (Å²) >= 11 is 0. The topological polar surface area (TPSA) is 55.6 Å². The molecule has 5 nitrogen and oxygen atoms in total. The molecule has 0 aliphatic carbocycles. The summed E-state index contributed by atoms with van der Waals surface area (Å²) < 4.78 is 6.29. The van der Waals surface area contributed by atoms with E-state index in [4.69, 9.17) is 4.74 Å². The van der Waals surface area contributed by atoms with Gasteiger partial charge in [-0.05, 0) is 35.2 Å². The predicted molar refractivity (Wildman–Crippen MR) is 99.2 cm³/mol. The number of benzene rings is 3. The molecule has 2 aliphatic heterocycles. The summed E-state index contributed by atoms with van der Waals surface area (Å²) in [7, 11) is 0. The zero-order chi connectivity index (χ0) is 17.7. The molecule has 0 bridgehead atoms. The average molecular weight is 346 g/mol. The van der Waals surface area contributed by atoms with Crippen LogP contribution in [0.4, 0.5) is 5.69 Å². The number of nitrogens with zero attached hydrogens (tertiary/aromatic N) is 2. The van der Waals surface area contributed by atoms with Crippen molar-refractivity contribution < 1.29 is 9.66 Å². The molecule has 26 heavy (non-hydrogen) atoms. The lowest BCUT2D eigenvalue weighted by atomic mass is 9.90. The van der Waals surface area contributed by atoms with E-state index in [1.165, 1.54) is 0 Å². The maximum atomic E-state index is 11.3. The number of non-ortho nitro benzene ring substituents is 1. The molecule has 0 saturated carbocycles. The van der Waals surface area contributed by atoms with Crippen molar-refractivity contribution in [2.75, 3.05) is 6.54 Å². The molecule has 0 spiro atoms. The van der Waals surface area contributed by atoms with E-state index in [-0.39, 0.29) is 22.9 Å². The molecule has 0 amide bonds. The lowest BCUT2D eigenvalue weighted by Gasteiger charge is -2.40. The molecule has 2 aliphatic rings. The molecule has 0 radical (unpaired) electrons. The minimum absolute atomic E-state index is 0.0303. The number of nitro groups is 1. The van der Waals surface area contributed by atoms with E-state index in [0.29, 0.717) is 0 Å². The lowest BCUT2D eigenvalue weighted by molar-refractivity contribution is -0.385. The smallest absolute Gasteiger partial charge is 0.269 e. The first-order valence-corrected chi connectivity index (χ1v) is 8.91. The van der Waals surface area contributed by atoms with Crippen LogP contribution in [0.3, 0.4) is 0 Å². The third-order valence-corrected chi connectivity index (χ3v) is 5.43. The van der Waals surface area contributed by atoms with Crippen molar-refractivity contribution in [1.82, 2.24) is 4.90 Å². The largest absolute Gasteiger partial charge is 0.475 e. The second-order valence-corrected chi connectivity index (χ2v) is 6.91. The molecular formula is C21H18N2O3. The molecule has 1 fully saturated rings. The Morgan fingerprint density at radius 3 is 2.85 bits per heavy atom. The quantitative estimate of drug-likeness (QED) is 0.500. The van der Waals surface area contributed by atoms with Gasteiger partial charge in [-0.2, -0.15) is 0 Å². The van der Waals surface area contributed by atoms with E-state index in [2.05, 4.69) is 23.1 Å². The van der Waals surface area contributed by atoms with Crippen LogP contribution < -0.4 is 4.74 Å². The minimum Gasteiger partial charge on any atom is -0.475 e. The van der Waals surface area contributed by atoms with Gasteiger partial charge >= 0.3 is 0 Å². The summed E-state index contributed by atoms with van der Waals surface area (Å²) in [5.74, 6) is 0.892. The van der Waals surface area contributed by atoms with Gasteiger partial charge in [-0.3, -0.25) is 15.0 Å². The van der Waals surface area contributed by atoms with Crippen molar-refractivity contribution in [3.05, 3.63) is 81.9 Å². The number of rotatable bonds is 2. The highest BCUT2D eigenvalue weighted by molar-refractivity contribution is 5.89. The Balaban J connectivity index is 1.77. The summed E-state index contributed by atoms with van der Waals surface area (Å²) in [5.41, 5.74) is 2.19. The standard InChI is InChI=1S/C21H18N2O3/c24-23(25)16-7-3-6-15(13-16)21-20-17-8-2-1-5-14(17)10-11-18(20)26-19-9-4-12-22(19)21/h1-3,5-8,10-11,13,19,21H,4,9,12H2/t19-,21+/m0/s1. The number of fused-ring (bicyclic) bond motifs is 4. The molecule has 0 N–H and O–H groups in total. The molecule has 130 valence electrons. The van der Waals surface area contributed by atoms with Crippen LogP contribution in [0.2, 0.25) is 0 Å². The van der Waals surface area contributed by atoms with Gasteiger partial charge in [0, 0.05) is 24.2 Å². The Morgan fingerprint density at radius 2 is 1.96 bits per heavy atom. The maximum absolute atomic E-state index is 11.3. The van der Waals surface area contributed by atoms with Gasteiger partial charge in [0.15, 0.2) is 6.23 Å². The Bertz CT molecular complexity index is 1020. The fourth-order valence-electron chi connectivity index (χ4n) is 4.32. The first-order chi connectivity index (χ1) is 12.7. The maximum Gasteiger partial charge on any atom is 0.269 e. The second kappa shape index (κ2) is 5.81. The third-order valence-electron chi connectivity index (χ3n) is 5.43. The van der Waals surface area contributed by atoms with Crippen molar-refractivity contribution in [2.24, 2.45) is 0 Å². The SMILES string of the molecule is O=[N+]([O-])c1cccc([C@@H]2c3c(ccc4ccccc34)O[C@H]3CCCN23)c1. The van der Waals surface area contributed by atoms with Gasteiger partial charge in [0.25, 0.3) is 5.69 Å². The Kier molecular flexibility index (Phi) is 3.43. The Morgan fingerprint density at radius 1 is 1.08 bits per heavy atom. The van der Waals surface area contributed by atoms with Crippen molar-refractivity contribution in [1.29, 1.82) is 0 Å². The fourth-order valence-corrected chi connectivity index (χ4v) is 4.32. The van der Waals surface area contributed by atoms with Gasteiger partial charge in [-0.1, -0.05) is 42.5 Å². The number of hydrogen-bond acceptors (Lipinski definition) is 4. The van der Waals surface area contributed by atoms with Crippen LogP contribution in [0, 0.1) is 10.1 Å². The molecule has 5 heteroatoms. The zero-order valence-corrected chi connectivity index (χ0v) is 14.2. The van der Waals surface area contributed by atoms with Crippen LogP contribution in [0.1, 0.15) is 30.0 Å². The predicted octanol–water partition coefficient (Wildman–Crippen LogP) is 4.65. The van der Waals surface area contributed by atoms with Crippen molar-refractivity contribution in [3.63, 3.8) is 0 Å². The van der Waals surface area contributed by atoms with Gasteiger partial charge in [-0.25, -0.2) is 0 Å². The van der Waals surface area contributed by atoms with E-state index in [0.717, 1.165) is 47.0 Å². The summed E-state index contributed by atoms with van der Waals surface area (Å²) in [5, 5.41) is 13.6. The molecule has 3 aromatic carbocycles. The van der Waals surface area contributed by atoms with E-state index >= 15 is 0 Å². The van der Waals surface area contributed by atoms with Crippen molar-refractivity contribution in [3.8, 4) is 5.75 Å². The van der Waals surface area contributed by atoms with E-state index in [1.807, 2.05) is 24.3 Å². The molecule has 0 aromatic heterocycles. The first-order valence-electron chi connectivity index (χ1n) is 8.91. The van der Waals surface area contributed by atoms with Crippen molar-refractivity contribution >= 4 is 16.5 Å². The van der Waals surface area contributed by atoms with Crippen LogP contribution >= 0.6 is 0 Å².